The number of aromatic nitrogens is 6. The van der Waals surface area contributed by atoms with Crippen molar-refractivity contribution < 1.29 is 9.90 Å². The third-order valence-electron chi connectivity index (χ3n) is 11.0. The van der Waals surface area contributed by atoms with Crippen molar-refractivity contribution in [3.63, 3.8) is 0 Å². The number of amides is 1. The summed E-state index contributed by atoms with van der Waals surface area (Å²) in [7, 11) is 0. The van der Waals surface area contributed by atoms with Crippen LogP contribution >= 0.6 is 24.4 Å². The Kier molecular flexibility index (Phi) is 10.1. The van der Waals surface area contributed by atoms with Crippen molar-refractivity contribution in [1.29, 1.82) is 0 Å². The highest BCUT2D eigenvalue weighted by Gasteiger charge is 2.46. The smallest absolute Gasteiger partial charge is 0.408 e. The minimum Gasteiger partial charge on any atom is -0.465 e. The van der Waals surface area contributed by atoms with Crippen LogP contribution in [0.3, 0.4) is 0 Å². The Morgan fingerprint density at radius 1 is 0.774 bits per heavy atom. The summed E-state index contributed by atoms with van der Waals surface area (Å²) in [6, 6.07) is 20.3. The van der Waals surface area contributed by atoms with E-state index in [-0.39, 0.29) is 16.7 Å². The second-order valence-corrected chi connectivity index (χ2v) is 15.0. The molecule has 0 saturated heterocycles. The topological polar surface area (TPSA) is 174 Å². The number of carbonyl (C=O) groups is 1. The Morgan fingerprint density at radius 3 is 1.64 bits per heavy atom. The predicted octanol–water partition coefficient (Wildman–Crippen LogP) is 7.37. The average molecular weight is 753 g/mol. The first kappa shape index (κ1) is 36.3. The maximum absolute atomic E-state index is 12.0. The lowest BCUT2D eigenvalue weighted by Crippen LogP contribution is -2.53. The molecule has 0 unspecified atom stereocenters. The van der Waals surface area contributed by atoms with Crippen molar-refractivity contribution in [3.05, 3.63) is 126 Å². The van der Waals surface area contributed by atoms with E-state index in [1.54, 1.807) is 17.3 Å². The molecule has 2 saturated carbocycles. The Balaban J connectivity index is 0.000000170. The van der Waals surface area contributed by atoms with Crippen LogP contribution in [0.25, 0.3) is 22.1 Å². The second kappa shape index (κ2) is 14.8. The molecule has 4 heterocycles. The van der Waals surface area contributed by atoms with Gasteiger partial charge in [0.25, 0.3) is 11.1 Å². The lowest BCUT2D eigenvalue weighted by Gasteiger charge is -2.49. The number of nitrogens with zero attached hydrogens (tertiary/aromatic N) is 3. The fourth-order valence-electron chi connectivity index (χ4n) is 7.63. The lowest BCUT2D eigenvalue weighted by atomic mass is 9.70. The number of hydrogen-bond donors (Lipinski definition) is 6. The molecule has 2 aromatic carbocycles. The molecule has 276 valence electrons. The van der Waals surface area contributed by atoms with Crippen LogP contribution in [0.4, 0.5) is 4.79 Å². The molecule has 0 aliphatic heterocycles. The van der Waals surface area contributed by atoms with Gasteiger partial charge in [-0.1, -0.05) is 61.9 Å². The van der Waals surface area contributed by atoms with Crippen molar-refractivity contribution in [2.45, 2.75) is 82.5 Å². The van der Waals surface area contributed by atoms with Crippen LogP contribution in [0.2, 0.25) is 0 Å². The van der Waals surface area contributed by atoms with Crippen molar-refractivity contribution >= 4 is 52.6 Å². The van der Waals surface area contributed by atoms with Gasteiger partial charge in [-0.2, -0.15) is 0 Å². The zero-order chi connectivity index (χ0) is 37.3. The van der Waals surface area contributed by atoms with Gasteiger partial charge in [-0.25, -0.2) is 4.79 Å². The van der Waals surface area contributed by atoms with Crippen molar-refractivity contribution in [3.8, 4) is 0 Å². The van der Waals surface area contributed by atoms with E-state index in [0.29, 0.717) is 40.2 Å². The predicted molar refractivity (Wildman–Crippen MR) is 211 cm³/mol. The monoisotopic (exact) mass is 752 g/mol. The van der Waals surface area contributed by atoms with Crippen LogP contribution < -0.4 is 16.9 Å². The average Bonchev–Trinajstić information content (AvgIpc) is 3.81. The number of hydrogen-bond acceptors (Lipinski definition) is 6. The maximum Gasteiger partial charge on any atom is 0.408 e. The number of nitrogens with one attached hydrogen (secondary N) is 4. The van der Waals surface area contributed by atoms with Crippen LogP contribution in [-0.2, 0) is 24.2 Å². The number of aromatic amines is 4. The van der Waals surface area contributed by atoms with Crippen LogP contribution in [0, 0.1) is 9.54 Å². The van der Waals surface area contributed by atoms with Gasteiger partial charge in [0.05, 0.1) is 29.7 Å². The van der Waals surface area contributed by atoms with E-state index < -0.39 is 11.6 Å². The Hall–Kier alpha value is -5.05. The molecular formula is C39H44N8O4S2. The molecule has 2 aliphatic carbocycles. The largest absolute Gasteiger partial charge is 0.465 e. The number of benzene rings is 2. The van der Waals surface area contributed by atoms with Gasteiger partial charge in [0.1, 0.15) is 11.0 Å². The fraction of sp³-hybridized carbons (Fsp3) is 0.359. The first-order valence-corrected chi connectivity index (χ1v) is 18.9. The highest BCUT2D eigenvalue weighted by Crippen LogP contribution is 2.47. The zero-order valence-corrected chi connectivity index (χ0v) is 31.2. The van der Waals surface area contributed by atoms with Gasteiger partial charge in [-0.3, -0.25) is 24.5 Å². The van der Waals surface area contributed by atoms with Crippen molar-refractivity contribution in [2.24, 2.45) is 5.73 Å². The Labute approximate surface area is 315 Å². The van der Waals surface area contributed by atoms with Crippen LogP contribution in [0.15, 0.2) is 82.6 Å². The van der Waals surface area contributed by atoms with Gasteiger partial charge < -0.3 is 29.9 Å². The van der Waals surface area contributed by atoms with E-state index in [2.05, 4.69) is 51.1 Å². The summed E-state index contributed by atoms with van der Waals surface area (Å²) in [6.07, 6.45) is 10.5. The fourth-order valence-corrected chi connectivity index (χ4v) is 8.14. The molecule has 14 heteroatoms. The number of unbranched alkanes of at least 4 members (excludes halogenated alkanes) is 1. The highest BCUT2D eigenvalue weighted by molar-refractivity contribution is 7.71. The third kappa shape index (κ3) is 6.94. The molecular weight excluding hydrogens is 709 g/mol. The summed E-state index contributed by atoms with van der Waals surface area (Å²) in [5.41, 5.74) is 12.4. The molecule has 0 radical (unpaired) electrons. The molecule has 2 aliphatic rings. The second-order valence-electron chi connectivity index (χ2n) is 14.2. The summed E-state index contributed by atoms with van der Waals surface area (Å²) >= 11 is 10.7. The van der Waals surface area contributed by atoms with Crippen LogP contribution in [0.5, 0.6) is 0 Å². The van der Waals surface area contributed by atoms with Crippen molar-refractivity contribution in [2.75, 3.05) is 6.54 Å². The van der Waals surface area contributed by atoms with Crippen LogP contribution in [0.1, 0.15) is 80.5 Å². The first-order chi connectivity index (χ1) is 25.5. The standard InChI is InChI=1S/C22H26N4O3S.C17H18N4OS/c1-2-3-13-26(21(28)29)22(10-4-11-22)16-7-5-15(6-8-16)14-25-17-9-12-23-18(17)19(27)24-20(25)30;18-17(7-1-8-17)12-4-2-11(3-5-12)10-21-13-6-9-19-14(13)15(22)20-16(21)23/h5-9,12,23H,2-4,10-11,13-14H2,1H3,(H,28,29)(H,24,27,30);2-6,9,19H,1,7-8,10,18H2,(H,20,22,23). The molecule has 0 bridgehead atoms. The molecule has 53 heavy (non-hydrogen) atoms. The van der Waals surface area contributed by atoms with E-state index >= 15 is 0 Å². The van der Waals surface area contributed by atoms with Gasteiger partial charge in [-0.05, 0) is 104 Å². The molecule has 0 atom stereocenters. The van der Waals surface area contributed by atoms with E-state index in [0.717, 1.165) is 72.7 Å². The molecule has 12 nitrogen and oxygen atoms in total. The van der Waals surface area contributed by atoms with Crippen LogP contribution in [-0.4, -0.2) is 51.7 Å². The van der Waals surface area contributed by atoms with Gasteiger partial charge in [0, 0.05) is 24.5 Å². The molecule has 2 fully saturated rings. The molecule has 8 rings (SSSR count). The Bertz CT molecular complexity index is 2500. The van der Waals surface area contributed by atoms with Gasteiger partial charge in [-0.15, -0.1) is 0 Å². The Morgan fingerprint density at radius 2 is 1.25 bits per heavy atom. The lowest BCUT2D eigenvalue weighted by molar-refractivity contribution is 0.0188. The van der Waals surface area contributed by atoms with E-state index in [4.69, 9.17) is 30.2 Å². The number of fused-ring (bicyclic) bond motifs is 2. The minimum absolute atomic E-state index is 0.138. The van der Waals surface area contributed by atoms with Gasteiger partial charge in [0.2, 0.25) is 0 Å². The molecule has 0 spiro atoms. The quantitative estimate of drug-likeness (QED) is 0.0793. The van der Waals surface area contributed by atoms with Gasteiger partial charge in [0.15, 0.2) is 9.54 Å². The molecule has 7 N–H and O–H groups in total. The third-order valence-corrected chi connectivity index (χ3v) is 11.7. The summed E-state index contributed by atoms with van der Waals surface area (Å²) in [6.45, 7) is 3.77. The maximum atomic E-state index is 12.0. The summed E-state index contributed by atoms with van der Waals surface area (Å²) in [5, 5.41) is 9.82. The van der Waals surface area contributed by atoms with E-state index in [9.17, 15) is 19.5 Å². The number of carboxylic acid groups (broad SMARTS) is 1. The van der Waals surface area contributed by atoms with E-state index in [1.165, 1.54) is 12.0 Å². The summed E-state index contributed by atoms with van der Waals surface area (Å²) in [5.74, 6) is 0. The molecule has 6 aromatic rings. The first-order valence-electron chi connectivity index (χ1n) is 18.1. The van der Waals surface area contributed by atoms with E-state index in [1.807, 2.05) is 45.5 Å². The highest BCUT2D eigenvalue weighted by atomic mass is 32.1. The normalized spacial score (nSPS) is 15.7. The van der Waals surface area contributed by atoms with Gasteiger partial charge >= 0.3 is 6.09 Å². The SMILES string of the molecule is CCCCN(C(=O)O)C1(c2ccc(Cn3c(=S)[nH]c(=O)c4[nH]ccc43)cc2)CCC1.NC1(c2ccc(Cn3c(=S)[nH]c(=O)c4[nH]ccc43)cc2)CCC1. The number of rotatable bonds is 10. The summed E-state index contributed by atoms with van der Waals surface area (Å²) in [4.78, 5) is 48.9. The molecule has 4 aromatic heterocycles. The zero-order valence-electron chi connectivity index (χ0n) is 29.6. The minimum atomic E-state index is -0.846. The number of H-pyrrole nitrogens is 4. The summed E-state index contributed by atoms with van der Waals surface area (Å²) < 4.78 is 4.63. The molecule has 1 amide bonds. The number of nitrogens with two attached hydrogens (primary N) is 1. The van der Waals surface area contributed by atoms with Crippen molar-refractivity contribution in [1.82, 2.24) is 34.0 Å².